The Balaban J connectivity index is 1.69. The van der Waals surface area contributed by atoms with Crippen LogP contribution in [0.5, 0.6) is 0 Å². The predicted octanol–water partition coefficient (Wildman–Crippen LogP) is 5.26. The number of hydrogen-bond acceptors (Lipinski definition) is 5. The Hall–Kier alpha value is -2.70. The molecule has 0 atom stereocenters. The first-order valence-corrected chi connectivity index (χ1v) is 9.39. The fourth-order valence-electron chi connectivity index (χ4n) is 2.34. The maximum absolute atomic E-state index is 12.5. The van der Waals surface area contributed by atoms with E-state index in [0.29, 0.717) is 22.2 Å². The highest BCUT2D eigenvalue weighted by atomic mass is 35.5. The van der Waals surface area contributed by atoms with Crippen LogP contribution in [0.15, 0.2) is 70.0 Å². The second-order valence-electron chi connectivity index (χ2n) is 5.50. The molecule has 2 aromatic carbocycles. The quantitative estimate of drug-likeness (QED) is 0.450. The number of amides is 1. The first kappa shape index (κ1) is 19.1. The number of esters is 1. The maximum Gasteiger partial charge on any atom is 0.340 e. The van der Waals surface area contributed by atoms with Gasteiger partial charge in [-0.2, -0.15) is 0 Å². The standard InChI is InChI=1S/C20H16ClNO4S/c1-25-20(24)16-11-13(21)7-9-17(16)22-19(23)18-10-8-14(26-18)12-27-15-5-3-2-4-6-15/h2-11H,12H2,1H3,(H,22,23). The number of ether oxygens (including phenoxy) is 1. The number of methoxy groups -OCH3 is 1. The van der Waals surface area contributed by atoms with Crippen LogP contribution >= 0.6 is 23.4 Å². The number of carbonyl (C=O) groups is 2. The lowest BCUT2D eigenvalue weighted by Gasteiger charge is -2.09. The summed E-state index contributed by atoms with van der Waals surface area (Å²) in [7, 11) is 1.26. The van der Waals surface area contributed by atoms with Gasteiger partial charge >= 0.3 is 5.97 Å². The van der Waals surface area contributed by atoms with Gasteiger partial charge in [-0.15, -0.1) is 11.8 Å². The fraction of sp³-hybridized carbons (Fsp3) is 0.100. The van der Waals surface area contributed by atoms with Crippen molar-refractivity contribution in [3.8, 4) is 0 Å². The molecular formula is C20H16ClNO4S. The van der Waals surface area contributed by atoms with E-state index in [1.165, 1.54) is 13.2 Å². The molecule has 0 saturated carbocycles. The van der Waals surface area contributed by atoms with Crippen LogP contribution in [-0.4, -0.2) is 19.0 Å². The lowest BCUT2D eigenvalue weighted by molar-refractivity contribution is 0.0602. The zero-order valence-corrected chi connectivity index (χ0v) is 16.0. The first-order valence-electron chi connectivity index (χ1n) is 8.02. The van der Waals surface area contributed by atoms with E-state index in [2.05, 4.69) is 5.32 Å². The van der Waals surface area contributed by atoms with Crippen molar-refractivity contribution in [1.82, 2.24) is 0 Å². The Morgan fingerprint density at radius 3 is 2.63 bits per heavy atom. The molecule has 0 spiro atoms. The van der Waals surface area contributed by atoms with Crippen molar-refractivity contribution < 1.29 is 18.7 Å². The van der Waals surface area contributed by atoms with Crippen LogP contribution in [0.25, 0.3) is 0 Å². The number of carbonyl (C=O) groups excluding carboxylic acids is 2. The summed E-state index contributed by atoms with van der Waals surface area (Å²) in [6, 6.07) is 17.8. The molecule has 0 unspecified atom stereocenters. The Bertz CT molecular complexity index is 956. The molecule has 0 fully saturated rings. The highest BCUT2D eigenvalue weighted by Gasteiger charge is 2.17. The van der Waals surface area contributed by atoms with Crippen molar-refractivity contribution in [3.63, 3.8) is 0 Å². The van der Waals surface area contributed by atoms with Crippen LogP contribution < -0.4 is 5.32 Å². The molecule has 138 valence electrons. The summed E-state index contributed by atoms with van der Waals surface area (Å²) in [5.41, 5.74) is 0.470. The van der Waals surface area contributed by atoms with Crippen LogP contribution in [0.3, 0.4) is 0 Å². The van der Waals surface area contributed by atoms with Gasteiger partial charge in [0.05, 0.1) is 24.1 Å². The summed E-state index contributed by atoms with van der Waals surface area (Å²) in [5.74, 6) is 0.388. The molecule has 0 aliphatic rings. The number of furan rings is 1. The van der Waals surface area contributed by atoms with Gasteiger partial charge in [-0.1, -0.05) is 29.8 Å². The van der Waals surface area contributed by atoms with Crippen molar-refractivity contribution in [2.45, 2.75) is 10.6 Å². The predicted molar refractivity (Wildman–Crippen MR) is 105 cm³/mol. The smallest absolute Gasteiger partial charge is 0.340 e. The SMILES string of the molecule is COC(=O)c1cc(Cl)ccc1NC(=O)c1ccc(CSc2ccccc2)o1. The summed E-state index contributed by atoms with van der Waals surface area (Å²) in [6.45, 7) is 0. The Labute approximate surface area is 165 Å². The van der Waals surface area contributed by atoms with Crippen LogP contribution in [-0.2, 0) is 10.5 Å². The lowest BCUT2D eigenvalue weighted by atomic mass is 10.1. The molecule has 1 aromatic heterocycles. The topological polar surface area (TPSA) is 68.5 Å². The minimum absolute atomic E-state index is 0.157. The van der Waals surface area contributed by atoms with Crippen molar-refractivity contribution in [2.24, 2.45) is 0 Å². The third-order valence-electron chi connectivity index (χ3n) is 3.64. The van der Waals surface area contributed by atoms with Gasteiger partial charge in [0.1, 0.15) is 5.76 Å². The molecule has 1 N–H and O–H groups in total. The Morgan fingerprint density at radius 1 is 1.11 bits per heavy atom. The van der Waals surface area contributed by atoms with E-state index in [1.54, 1.807) is 36.0 Å². The van der Waals surface area contributed by atoms with E-state index >= 15 is 0 Å². The van der Waals surface area contributed by atoms with Gasteiger partial charge in [0.25, 0.3) is 5.91 Å². The average Bonchev–Trinajstić information content (AvgIpc) is 3.17. The van der Waals surface area contributed by atoms with E-state index in [-0.39, 0.29) is 11.3 Å². The molecule has 1 heterocycles. The number of thioether (sulfide) groups is 1. The minimum atomic E-state index is -0.591. The van der Waals surface area contributed by atoms with Gasteiger partial charge in [0, 0.05) is 9.92 Å². The van der Waals surface area contributed by atoms with Crippen molar-refractivity contribution in [2.75, 3.05) is 12.4 Å². The Morgan fingerprint density at radius 2 is 1.89 bits per heavy atom. The largest absolute Gasteiger partial charge is 0.465 e. The Kier molecular flexibility index (Phi) is 6.21. The lowest BCUT2D eigenvalue weighted by Crippen LogP contribution is -2.14. The third-order valence-corrected chi connectivity index (χ3v) is 4.91. The number of halogens is 1. The van der Waals surface area contributed by atoms with Crippen LogP contribution in [0.2, 0.25) is 5.02 Å². The van der Waals surface area contributed by atoms with Crippen LogP contribution in [0, 0.1) is 0 Å². The molecule has 27 heavy (non-hydrogen) atoms. The number of rotatable bonds is 6. The van der Waals surface area contributed by atoms with E-state index in [9.17, 15) is 9.59 Å². The molecule has 1 amide bonds. The third kappa shape index (κ3) is 4.93. The van der Waals surface area contributed by atoms with Gasteiger partial charge < -0.3 is 14.5 Å². The van der Waals surface area contributed by atoms with Gasteiger partial charge in [0.2, 0.25) is 0 Å². The molecule has 0 saturated heterocycles. The fourth-order valence-corrected chi connectivity index (χ4v) is 3.32. The molecular weight excluding hydrogens is 386 g/mol. The molecule has 0 aliphatic carbocycles. The summed E-state index contributed by atoms with van der Waals surface area (Å²) in [4.78, 5) is 25.4. The molecule has 0 bridgehead atoms. The molecule has 0 radical (unpaired) electrons. The average molecular weight is 402 g/mol. The highest BCUT2D eigenvalue weighted by molar-refractivity contribution is 7.98. The zero-order valence-electron chi connectivity index (χ0n) is 14.4. The van der Waals surface area contributed by atoms with Gasteiger partial charge in [-0.25, -0.2) is 4.79 Å². The normalized spacial score (nSPS) is 10.4. The van der Waals surface area contributed by atoms with E-state index in [4.69, 9.17) is 20.8 Å². The second-order valence-corrected chi connectivity index (χ2v) is 6.99. The van der Waals surface area contributed by atoms with Crippen molar-refractivity contribution in [3.05, 3.63) is 82.8 Å². The van der Waals surface area contributed by atoms with Crippen molar-refractivity contribution in [1.29, 1.82) is 0 Å². The van der Waals surface area contributed by atoms with Crippen LogP contribution in [0.4, 0.5) is 5.69 Å². The van der Waals surface area contributed by atoms with Crippen LogP contribution in [0.1, 0.15) is 26.7 Å². The second kappa shape index (κ2) is 8.79. The summed E-state index contributed by atoms with van der Waals surface area (Å²) in [6.07, 6.45) is 0. The number of hydrogen-bond donors (Lipinski definition) is 1. The van der Waals surface area contributed by atoms with E-state index in [1.807, 2.05) is 30.3 Å². The van der Waals surface area contributed by atoms with Gasteiger partial charge in [-0.3, -0.25) is 4.79 Å². The highest BCUT2D eigenvalue weighted by Crippen LogP contribution is 2.25. The molecule has 7 heteroatoms. The molecule has 5 nitrogen and oxygen atoms in total. The van der Waals surface area contributed by atoms with Gasteiger partial charge in [-0.05, 0) is 42.5 Å². The van der Waals surface area contributed by atoms with Crippen molar-refractivity contribution >= 4 is 40.9 Å². The minimum Gasteiger partial charge on any atom is -0.465 e. The molecule has 0 aliphatic heterocycles. The maximum atomic E-state index is 12.5. The summed E-state index contributed by atoms with van der Waals surface area (Å²) >= 11 is 7.53. The summed E-state index contributed by atoms with van der Waals surface area (Å²) in [5, 5.41) is 3.02. The monoisotopic (exact) mass is 401 g/mol. The number of nitrogens with one attached hydrogen (secondary N) is 1. The van der Waals surface area contributed by atoms with E-state index < -0.39 is 11.9 Å². The summed E-state index contributed by atoms with van der Waals surface area (Å²) < 4.78 is 10.3. The molecule has 3 rings (SSSR count). The first-order chi connectivity index (χ1) is 13.1. The zero-order chi connectivity index (χ0) is 19.2. The number of anilines is 1. The van der Waals surface area contributed by atoms with E-state index in [0.717, 1.165) is 4.90 Å². The molecule has 3 aromatic rings. The number of benzene rings is 2. The van der Waals surface area contributed by atoms with Gasteiger partial charge in [0.15, 0.2) is 5.76 Å².